The lowest BCUT2D eigenvalue weighted by molar-refractivity contribution is 0.411. The first kappa shape index (κ1) is 15.0. The third-order valence-corrected chi connectivity index (χ3v) is 3.20. The van der Waals surface area contributed by atoms with E-state index in [9.17, 15) is 0 Å². The van der Waals surface area contributed by atoms with Crippen LogP contribution in [0, 0.1) is 5.92 Å². The Labute approximate surface area is 112 Å². The van der Waals surface area contributed by atoms with Gasteiger partial charge in [0, 0.05) is 6.04 Å². The molecule has 0 amide bonds. The van der Waals surface area contributed by atoms with E-state index in [4.69, 9.17) is 4.74 Å². The number of hydrogen-bond acceptors (Lipinski definition) is 2. The highest BCUT2D eigenvalue weighted by molar-refractivity contribution is 5.27. The van der Waals surface area contributed by atoms with Crippen molar-refractivity contribution in [1.29, 1.82) is 0 Å². The molecule has 2 heteroatoms. The fourth-order valence-corrected chi connectivity index (χ4v) is 2.18. The summed E-state index contributed by atoms with van der Waals surface area (Å²) in [5.41, 5.74) is 1.40. The molecular weight excluding hydrogens is 222 g/mol. The van der Waals surface area contributed by atoms with Crippen molar-refractivity contribution in [3.63, 3.8) is 0 Å². The highest BCUT2D eigenvalue weighted by atomic mass is 16.5. The number of rotatable bonds is 8. The minimum Gasteiger partial charge on any atom is -0.497 e. The molecule has 1 aromatic carbocycles. The molecule has 0 fully saturated rings. The molecular formula is C16H27NO. The van der Waals surface area contributed by atoms with E-state index in [2.05, 4.69) is 38.2 Å². The van der Waals surface area contributed by atoms with Crippen LogP contribution in [-0.2, 0) is 6.42 Å². The average molecular weight is 249 g/mol. The normalized spacial score (nSPS) is 12.7. The van der Waals surface area contributed by atoms with Crippen molar-refractivity contribution in [3.05, 3.63) is 29.8 Å². The molecule has 0 heterocycles. The molecule has 1 unspecified atom stereocenters. The first-order valence-corrected chi connectivity index (χ1v) is 7.02. The second-order valence-electron chi connectivity index (χ2n) is 5.27. The monoisotopic (exact) mass is 249 g/mol. The largest absolute Gasteiger partial charge is 0.497 e. The van der Waals surface area contributed by atoms with E-state index in [0.717, 1.165) is 24.6 Å². The molecule has 0 saturated carbocycles. The van der Waals surface area contributed by atoms with Gasteiger partial charge in [-0.15, -0.1) is 0 Å². The van der Waals surface area contributed by atoms with Gasteiger partial charge in [-0.05, 0) is 43.0 Å². The summed E-state index contributed by atoms with van der Waals surface area (Å²) in [6.45, 7) is 7.78. The van der Waals surface area contributed by atoms with Crippen LogP contribution in [0.5, 0.6) is 5.75 Å². The Balaban J connectivity index is 2.52. The van der Waals surface area contributed by atoms with E-state index in [1.54, 1.807) is 7.11 Å². The van der Waals surface area contributed by atoms with Crippen molar-refractivity contribution in [3.8, 4) is 5.75 Å². The molecule has 0 aliphatic carbocycles. The van der Waals surface area contributed by atoms with Crippen LogP contribution in [0.15, 0.2) is 24.3 Å². The highest BCUT2D eigenvalue weighted by Gasteiger charge is 2.09. The van der Waals surface area contributed by atoms with Crippen molar-refractivity contribution in [1.82, 2.24) is 5.32 Å². The Hall–Kier alpha value is -1.02. The van der Waals surface area contributed by atoms with Crippen LogP contribution < -0.4 is 10.1 Å². The second-order valence-corrected chi connectivity index (χ2v) is 5.27. The SMILES string of the molecule is CCCC(CNC(C)C)Cc1ccc(OC)cc1. The maximum absolute atomic E-state index is 5.19. The summed E-state index contributed by atoms with van der Waals surface area (Å²) < 4.78 is 5.19. The fraction of sp³-hybridized carbons (Fsp3) is 0.625. The Bertz CT molecular complexity index is 318. The standard InChI is InChI=1S/C16H27NO/c1-5-6-15(12-17-13(2)3)11-14-7-9-16(18-4)10-8-14/h7-10,13,15,17H,5-6,11-12H2,1-4H3. The molecule has 0 saturated heterocycles. The van der Waals surface area contributed by atoms with Crippen LogP contribution in [0.1, 0.15) is 39.2 Å². The third kappa shape index (κ3) is 5.54. The summed E-state index contributed by atoms with van der Waals surface area (Å²) >= 11 is 0. The summed E-state index contributed by atoms with van der Waals surface area (Å²) in [4.78, 5) is 0. The molecule has 1 N–H and O–H groups in total. The topological polar surface area (TPSA) is 21.3 Å². The molecule has 1 aromatic rings. The molecule has 2 nitrogen and oxygen atoms in total. The van der Waals surface area contributed by atoms with E-state index in [1.807, 2.05) is 12.1 Å². The molecule has 0 aliphatic rings. The van der Waals surface area contributed by atoms with E-state index < -0.39 is 0 Å². The zero-order valence-electron chi connectivity index (χ0n) is 12.2. The van der Waals surface area contributed by atoms with Crippen molar-refractivity contribution in [2.24, 2.45) is 5.92 Å². The molecule has 0 bridgehead atoms. The smallest absolute Gasteiger partial charge is 0.118 e. The van der Waals surface area contributed by atoms with Gasteiger partial charge in [-0.2, -0.15) is 0 Å². The summed E-state index contributed by atoms with van der Waals surface area (Å²) in [6, 6.07) is 9.02. The minimum atomic E-state index is 0.570. The quantitative estimate of drug-likeness (QED) is 0.759. The van der Waals surface area contributed by atoms with E-state index in [1.165, 1.54) is 18.4 Å². The van der Waals surface area contributed by atoms with Crippen LogP contribution >= 0.6 is 0 Å². The Morgan fingerprint density at radius 3 is 2.33 bits per heavy atom. The summed E-state index contributed by atoms with van der Waals surface area (Å²) in [6.07, 6.45) is 3.68. The number of hydrogen-bond donors (Lipinski definition) is 1. The zero-order chi connectivity index (χ0) is 13.4. The third-order valence-electron chi connectivity index (χ3n) is 3.20. The van der Waals surface area contributed by atoms with E-state index in [0.29, 0.717) is 6.04 Å². The predicted molar refractivity (Wildman–Crippen MR) is 78.2 cm³/mol. The van der Waals surface area contributed by atoms with Crippen molar-refractivity contribution in [2.75, 3.05) is 13.7 Å². The van der Waals surface area contributed by atoms with Gasteiger partial charge in [-0.1, -0.05) is 39.3 Å². The summed E-state index contributed by atoms with van der Waals surface area (Å²) in [5.74, 6) is 1.66. The number of ether oxygens (including phenoxy) is 1. The van der Waals surface area contributed by atoms with Gasteiger partial charge in [0.1, 0.15) is 5.75 Å². The maximum Gasteiger partial charge on any atom is 0.118 e. The van der Waals surface area contributed by atoms with Gasteiger partial charge in [0.05, 0.1) is 7.11 Å². The first-order valence-electron chi connectivity index (χ1n) is 7.02. The van der Waals surface area contributed by atoms with Crippen LogP contribution in [-0.4, -0.2) is 19.7 Å². The van der Waals surface area contributed by atoms with Crippen molar-refractivity contribution < 1.29 is 4.74 Å². The fourth-order valence-electron chi connectivity index (χ4n) is 2.18. The van der Waals surface area contributed by atoms with E-state index >= 15 is 0 Å². The van der Waals surface area contributed by atoms with Crippen LogP contribution in [0.4, 0.5) is 0 Å². The second kappa shape index (κ2) is 8.15. The number of benzene rings is 1. The molecule has 18 heavy (non-hydrogen) atoms. The Morgan fingerprint density at radius 2 is 1.83 bits per heavy atom. The average Bonchev–Trinajstić information content (AvgIpc) is 2.37. The lowest BCUT2D eigenvalue weighted by Gasteiger charge is -2.19. The molecule has 0 radical (unpaired) electrons. The molecule has 0 aliphatic heterocycles. The van der Waals surface area contributed by atoms with Gasteiger partial charge in [0.15, 0.2) is 0 Å². The molecule has 1 atom stereocenters. The predicted octanol–water partition coefficient (Wildman–Crippen LogP) is 3.65. The van der Waals surface area contributed by atoms with Crippen LogP contribution in [0.2, 0.25) is 0 Å². The van der Waals surface area contributed by atoms with Gasteiger partial charge >= 0.3 is 0 Å². The van der Waals surface area contributed by atoms with Gasteiger partial charge in [-0.3, -0.25) is 0 Å². The molecule has 0 aromatic heterocycles. The number of nitrogens with one attached hydrogen (secondary N) is 1. The number of methoxy groups -OCH3 is 1. The van der Waals surface area contributed by atoms with Gasteiger partial charge in [0.25, 0.3) is 0 Å². The van der Waals surface area contributed by atoms with E-state index in [-0.39, 0.29) is 0 Å². The Morgan fingerprint density at radius 1 is 1.17 bits per heavy atom. The summed E-state index contributed by atoms with van der Waals surface area (Å²) in [5, 5.41) is 3.55. The first-order chi connectivity index (χ1) is 8.65. The lowest BCUT2D eigenvalue weighted by Crippen LogP contribution is -2.29. The minimum absolute atomic E-state index is 0.570. The van der Waals surface area contributed by atoms with Crippen molar-refractivity contribution >= 4 is 0 Å². The van der Waals surface area contributed by atoms with Crippen molar-refractivity contribution in [2.45, 2.75) is 46.1 Å². The Kier molecular flexibility index (Phi) is 6.81. The maximum atomic E-state index is 5.19. The molecule has 1 rings (SSSR count). The van der Waals surface area contributed by atoms with Gasteiger partial charge in [-0.25, -0.2) is 0 Å². The van der Waals surface area contributed by atoms with Gasteiger partial charge < -0.3 is 10.1 Å². The highest BCUT2D eigenvalue weighted by Crippen LogP contribution is 2.17. The molecule has 102 valence electrons. The zero-order valence-corrected chi connectivity index (χ0v) is 12.2. The summed E-state index contributed by atoms with van der Waals surface area (Å²) in [7, 11) is 1.71. The van der Waals surface area contributed by atoms with Gasteiger partial charge in [0.2, 0.25) is 0 Å². The van der Waals surface area contributed by atoms with Crippen LogP contribution in [0.25, 0.3) is 0 Å². The lowest BCUT2D eigenvalue weighted by atomic mass is 9.94. The van der Waals surface area contributed by atoms with Crippen LogP contribution in [0.3, 0.4) is 0 Å². The molecule has 0 spiro atoms.